The Bertz CT molecular complexity index is 658. The lowest BCUT2D eigenvalue weighted by Crippen LogP contribution is -2.54. The quantitative estimate of drug-likeness (QED) is 0.843. The van der Waals surface area contributed by atoms with Crippen molar-refractivity contribution in [3.8, 4) is 6.07 Å². The van der Waals surface area contributed by atoms with Gasteiger partial charge in [0.05, 0.1) is 18.2 Å². The molecule has 1 aromatic rings. The number of rotatable bonds is 6. The van der Waals surface area contributed by atoms with Crippen LogP contribution in [0, 0.1) is 11.3 Å². The number of ether oxygens (including phenoxy) is 1. The highest BCUT2D eigenvalue weighted by Gasteiger charge is 2.39. The Morgan fingerprint density at radius 2 is 2.19 bits per heavy atom. The molecule has 6 nitrogen and oxygen atoms in total. The molecule has 2 aliphatic rings. The summed E-state index contributed by atoms with van der Waals surface area (Å²) < 4.78 is 11.0. The number of hydrogen-bond acceptors (Lipinski definition) is 5. The molecule has 2 atom stereocenters. The molecule has 142 valence electrons. The Balaban J connectivity index is 1.68. The topological polar surface area (TPSA) is 78.5 Å². The second-order valence-electron chi connectivity index (χ2n) is 7.55. The minimum atomic E-state index is -0.685. The zero-order valence-corrected chi connectivity index (χ0v) is 15.8. The molecule has 0 spiro atoms. The van der Waals surface area contributed by atoms with Crippen molar-refractivity contribution in [1.82, 2.24) is 10.2 Å². The highest BCUT2D eigenvalue weighted by Crippen LogP contribution is 2.35. The number of methoxy groups -OCH3 is 1. The van der Waals surface area contributed by atoms with Gasteiger partial charge in [-0.1, -0.05) is 19.3 Å². The third kappa shape index (κ3) is 3.94. The molecule has 2 heterocycles. The van der Waals surface area contributed by atoms with Crippen LogP contribution in [-0.4, -0.2) is 36.0 Å². The number of likely N-dealkylation sites (tertiary alicyclic amines) is 1. The number of furan rings is 1. The van der Waals surface area contributed by atoms with Gasteiger partial charge in [-0.05, 0) is 51.3 Å². The Morgan fingerprint density at radius 1 is 1.42 bits per heavy atom. The van der Waals surface area contributed by atoms with E-state index in [9.17, 15) is 10.1 Å². The van der Waals surface area contributed by atoms with Gasteiger partial charge in [0.15, 0.2) is 0 Å². The summed E-state index contributed by atoms with van der Waals surface area (Å²) in [6, 6.07) is 6.11. The van der Waals surface area contributed by atoms with E-state index in [0.717, 1.165) is 63.0 Å². The van der Waals surface area contributed by atoms with Crippen LogP contribution in [-0.2, 0) is 16.1 Å². The Kier molecular flexibility index (Phi) is 6.00. The molecule has 2 unspecified atom stereocenters. The summed E-state index contributed by atoms with van der Waals surface area (Å²) in [4.78, 5) is 15.1. The van der Waals surface area contributed by atoms with Crippen LogP contribution >= 0.6 is 0 Å². The molecule has 26 heavy (non-hydrogen) atoms. The maximum atomic E-state index is 12.9. The normalized spacial score (nSPS) is 24.1. The predicted molar refractivity (Wildman–Crippen MR) is 97.1 cm³/mol. The van der Waals surface area contributed by atoms with Crippen LogP contribution in [0.25, 0.3) is 0 Å². The molecule has 1 N–H and O–H groups in total. The fourth-order valence-corrected chi connectivity index (χ4v) is 4.26. The second kappa shape index (κ2) is 8.24. The number of carbonyl (C=O) groups is 1. The van der Waals surface area contributed by atoms with E-state index in [0.29, 0.717) is 6.61 Å². The van der Waals surface area contributed by atoms with Crippen molar-refractivity contribution in [3.63, 3.8) is 0 Å². The van der Waals surface area contributed by atoms with Gasteiger partial charge in [-0.15, -0.1) is 0 Å². The molecule has 1 aliphatic carbocycles. The first kappa shape index (κ1) is 18.9. The third-order valence-corrected chi connectivity index (χ3v) is 5.75. The number of nitriles is 1. The smallest absolute Gasteiger partial charge is 0.238 e. The van der Waals surface area contributed by atoms with Crippen molar-refractivity contribution < 1.29 is 13.9 Å². The van der Waals surface area contributed by atoms with Crippen molar-refractivity contribution in [1.29, 1.82) is 5.26 Å². The van der Waals surface area contributed by atoms with Crippen LogP contribution < -0.4 is 5.32 Å². The molecule has 0 aromatic carbocycles. The number of hydrogen-bond donors (Lipinski definition) is 1. The Hall–Kier alpha value is -1.84. The van der Waals surface area contributed by atoms with E-state index < -0.39 is 5.54 Å². The van der Waals surface area contributed by atoms with Crippen LogP contribution in [0.5, 0.6) is 0 Å². The van der Waals surface area contributed by atoms with Gasteiger partial charge in [0.2, 0.25) is 5.91 Å². The van der Waals surface area contributed by atoms with Gasteiger partial charge in [0.25, 0.3) is 0 Å². The summed E-state index contributed by atoms with van der Waals surface area (Å²) >= 11 is 0. The molecule has 1 aliphatic heterocycles. The molecule has 3 rings (SSSR count). The molecule has 1 aromatic heterocycles. The summed E-state index contributed by atoms with van der Waals surface area (Å²) in [6.07, 6.45) is 6.67. The lowest BCUT2D eigenvalue weighted by molar-refractivity contribution is -0.128. The van der Waals surface area contributed by atoms with E-state index in [2.05, 4.69) is 16.3 Å². The van der Waals surface area contributed by atoms with Crippen LogP contribution in [0.3, 0.4) is 0 Å². The van der Waals surface area contributed by atoms with Crippen molar-refractivity contribution in [2.45, 2.75) is 76.1 Å². The first-order valence-corrected chi connectivity index (χ1v) is 9.65. The molecule has 2 fully saturated rings. The highest BCUT2D eigenvalue weighted by molar-refractivity contribution is 5.82. The molecule has 0 bridgehead atoms. The first-order valence-electron chi connectivity index (χ1n) is 9.65. The zero-order chi connectivity index (χ0) is 18.6. The van der Waals surface area contributed by atoms with Crippen LogP contribution in [0.2, 0.25) is 0 Å². The Labute approximate surface area is 155 Å². The standard InChI is InChI=1S/C20H29N3O3/c1-15(19(24)22-20(14-21)10-4-3-5-11-20)23-12-6-7-17(23)18-9-8-16(26-18)13-25-2/h8-9,15,17H,3-7,10-13H2,1-2H3,(H,22,24). The lowest BCUT2D eigenvalue weighted by Gasteiger charge is -2.35. The van der Waals surface area contributed by atoms with Gasteiger partial charge in [-0.2, -0.15) is 5.26 Å². The van der Waals surface area contributed by atoms with E-state index in [1.807, 2.05) is 19.1 Å². The minimum absolute atomic E-state index is 0.0518. The van der Waals surface area contributed by atoms with Crippen LogP contribution in [0.1, 0.15) is 69.4 Å². The molecule has 0 radical (unpaired) electrons. The minimum Gasteiger partial charge on any atom is -0.462 e. The molecular formula is C20H29N3O3. The molecule has 1 saturated carbocycles. The van der Waals surface area contributed by atoms with Crippen molar-refractivity contribution in [2.75, 3.05) is 13.7 Å². The lowest BCUT2D eigenvalue weighted by atomic mass is 9.82. The maximum Gasteiger partial charge on any atom is 0.238 e. The van der Waals surface area contributed by atoms with Crippen molar-refractivity contribution in [2.24, 2.45) is 0 Å². The molecule has 6 heteroatoms. The van der Waals surface area contributed by atoms with Crippen LogP contribution in [0.15, 0.2) is 16.5 Å². The number of amides is 1. The number of nitrogens with zero attached hydrogens (tertiary/aromatic N) is 2. The summed E-state index contributed by atoms with van der Waals surface area (Å²) in [5, 5.41) is 12.7. The van der Waals surface area contributed by atoms with Crippen molar-refractivity contribution >= 4 is 5.91 Å². The maximum absolute atomic E-state index is 12.9. The summed E-state index contributed by atoms with van der Waals surface area (Å²) in [5.41, 5.74) is -0.685. The second-order valence-corrected chi connectivity index (χ2v) is 7.55. The monoisotopic (exact) mass is 359 g/mol. The third-order valence-electron chi connectivity index (χ3n) is 5.75. The molecular weight excluding hydrogens is 330 g/mol. The van der Waals surface area contributed by atoms with E-state index in [1.165, 1.54) is 0 Å². The van der Waals surface area contributed by atoms with Crippen molar-refractivity contribution in [3.05, 3.63) is 23.7 Å². The SMILES string of the molecule is COCc1ccc(C2CCCN2C(C)C(=O)NC2(C#N)CCCCC2)o1. The van der Waals surface area contributed by atoms with Gasteiger partial charge in [0.1, 0.15) is 23.7 Å². The summed E-state index contributed by atoms with van der Waals surface area (Å²) in [7, 11) is 1.65. The zero-order valence-electron chi connectivity index (χ0n) is 15.8. The fourth-order valence-electron chi connectivity index (χ4n) is 4.26. The van der Waals surface area contributed by atoms with Gasteiger partial charge in [0, 0.05) is 7.11 Å². The average Bonchev–Trinajstić information content (AvgIpc) is 3.31. The van der Waals surface area contributed by atoms with E-state index in [-0.39, 0.29) is 18.0 Å². The summed E-state index contributed by atoms with van der Waals surface area (Å²) in [6.45, 7) is 3.24. The van der Waals surface area contributed by atoms with Gasteiger partial charge in [-0.25, -0.2) is 0 Å². The van der Waals surface area contributed by atoms with Gasteiger partial charge >= 0.3 is 0 Å². The number of nitrogens with one attached hydrogen (secondary N) is 1. The Morgan fingerprint density at radius 3 is 2.88 bits per heavy atom. The largest absolute Gasteiger partial charge is 0.462 e. The van der Waals surface area contributed by atoms with Gasteiger partial charge in [-0.3, -0.25) is 9.69 Å². The average molecular weight is 359 g/mol. The van der Waals surface area contributed by atoms with E-state index in [4.69, 9.17) is 9.15 Å². The van der Waals surface area contributed by atoms with E-state index in [1.54, 1.807) is 7.11 Å². The summed E-state index contributed by atoms with van der Waals surface area (Å²) in [5.74, 6) is 1.64. The fraction of sp³-hybridized carbons (Fsp3) is 0.700. The predicted octanol–water partition coefficient (Wildman–Crippen LogP) is 3.29. The van der Waals surface area contributed by atoms with Crippen LogP contribution in [0.4, 0.5) is 0 Å². The first-order chi connectivity index (χ1) is 12.6. The van der Waals surface area contributed by atoms with Gasteiger partial charge < -0.3 is 14.5 Å². The molecule has 1 amide bonds. The number of carbonyl (C=O) groups excluding carboxylic acids is 1. The molecule has 1 saturated heterocycles. The highest BCUT2D eigenvalue weighted by atomic mass is 16.5. The van der Waals surface area contributed by atoms with E-state index >= 15 is 0 Å².